The van der Waals surface area contributed by atoms with Crippen LogP contribution >= 0.6 is 0 Å². The Morgan fingerprint density at radius 2 is 1.95 bits per heavy atom. The molecule has 2 heteroatoms. The van der Waals surface area contributed by atoms with E-state index in [0.717, 1.165) is 13.1 Å². The van der Waals surface area contributed by atoms with Gasteiger partial charge in [-0.2, -0.15) is 0 Å². The van der Waals surface area contributed by atoms with Crippen molar-refractivity contribution >= 4 is 0 Å². The molecular weight excluding hydrogens is 244 g/mol. The van der Waals surface area contributed by atoms with Crippen molar-refractivity contribution in [1.29, 1.82) is 0 Å². The molecule has 1 aromatic rings. The number of piperidine rings is 1. The molecule has 0 spiro atoms. The summed E-state index contributed by atoms with van der Waals surface area (Å²) in [5.74, 6) is 0. The van der Waals surface area contributed by atoms with Crippen molar-refractivity contribution in [2.45, 2.75) is 65.6 Å². The summed E-state index contributed by atoms with van der Waals surface area (Å²) in [5, 5.41) is 3.62. The molecule has 0 bridgehead atoms. The molecule has 20 heavy (non-hydrogen) atoms. The van der Waals surface area contributed by atoms with Crippen LogP contribution < -0.4 is 5.32 Å². The highest BCUT2D eigenvalue weighted by Crippen LogP contribution is 2.24. The molecule has 0 aliphatic carbocycles. The first-order valence-corrected chi connectivity index (χ1v) is 8.16. The van der Waals surface area contributed by atoms with Crippen molar-refractivity contribution in [2.75, 3.05) is 13.1 Å². The van der Waals surface area contributed by atoms with E-state index in [0.29, 0.717) is 12.1 Å². The number of likely N-dealkylation sites (N-methyl/N-ethyl adjacent to an activating group) is 1. The maximum atomic E-state index is 3.62. The predicted molar refractivity (Wildman–Crippen MR) is 87.1 cm³/mol. The first kappa shape index (κ1) is 15.5. The molecule has 2 nitrogen and oxygen atoms in total. The summed E-state index contributed by atoms with van der Waals surface area (Å²) in [6, 6.07) is 7.93. The van der Waals surface area contributed by atoms with Crippen molar-refractivity contribution in [3.63, 3.8) is 0 Å². The maximum absolute atomic E-state index is 3.62. The first-order chi connectivity index (χ1) is 9.63. The van der Waals surface area contributed by atoms with Crippen molar-refractivity contribution in [2.24, 2.45) is 0 Å². The Balaban J connectivity index is 2.12. The monoisotopic (exact) mass is 274 g/mol. The minimum absolute atomic E-state index is 0.588. The summed E-state index contributed by atoms with van der Waals surface area (Å²) in [6.07, 6.45) is 4.06. The van der Waals surface area contributed by atoms with Gasteiger partial charge in [0.25, 0.3) is 0 Å². The van der Waals surface area contributed by atoms with Crippen LogP contribution in [0.4, 0.5) is 0 Å². The molecule has 2 unspecified atom stereocenters. The first-order valence-electron chi connectivity index (χ1n) is 8.16. The van der Waals surface area contributed by atoms with Gasteiger partial charge in [0, 0.05) is 18.6 Å². The Kier molecular flexibility index (Phi) is 5.62. The maximum Gasteiger partial charge on any atom is 0.0250 e. The molecule has 112 valence electrons. The summed E-state index contributed by atoms with van der Waals surface area (Å²) in [6.45, 7) is 12.5. The van der Waals surface area contributed by atoms with Crippen molar-refractivity contribution in [3.05, 3.63) is 34.9 Å². The van der Waals surface area contributed by atoms with Crippen molar-refractivity contribution in [3.8, 4) is 0 Å². The third-order valence-electron chi connectivity index (χ3n) is 4.77. The van der Waals surface area contributed by atoms with E-state index in [-0.39, 0.29) is 0 Å². The number of benzene rings is 1. The summed E-state index contributed by atoms with van der Waals surface area (Å²) in [7, 11) is 0. The standard InChI is InChI=1S/C18H30N2/c1-5-19-16(4)18-11-6-7-12-20(18)13-17-14(2)9-8-10-15(17)3/h8-10,16,18-19H,5-7,11-13H2,1-4H3. The average Bonchev–Trinajstić information content (AvgIpc) is 2.44. The lowest BCUT2D eigenvalue weighted by Gasteiger charge is -2.40. The Bertz CT molecular complexity index is 407. The Hall–Kier alpha value is -0.860. The highest BCUT2D eigenvalue weighted by Gasteiger charge is 2.27. The second kappa shape index (κ2) is 7.24. The molecule has 2 rings (SSSR count). The number of aryl methyl sites for hydroxylation is 2. The van der Waals surface area contributed by atoms with Gasteiger partial charge in [-0.1, -0.05) is 31.5 Å². The van der Waals surface area contributed by atoms with Crippen LogP contribution in [0.25, 0.3) is 0 Å². The SMILES string of the molecule is CCNC(C)C1CCCCN1Cc1c(C)cccc1C. The fourth-order valence-electron chi connectivity index (χ4n) is 3.54. The Labute approximate surface area is 124 Å². The highest BCUT2D eigenvalue weighted by molar-refractivity contribution is 5.33. The quantitative estimate of drug-likeness (QED) is 0.881. The molecular formula is C18H30N2. The Morgan fingerprint density at radius 1 is 1.25 bits per heavy atom. The zero-order valence-corrected chi connectivity index (χ0v) is 13.6. The molecule has 1 saturated heterocycles. The molecule has 1 aliphatic rings. The molecule has 2 atom stereocenters. The lowest BCUT2D eigenvalue weighted by molar-refractivity contribution is 0.112. The van der Waals surface area contributed by atoms with Crippen molar-refractivity contribution < 1.29 is 0 Å². The van der Waals surface area contributed by atoms with Crippen LogP contribution in [0.5, 0.6) is 0 Å². The molecule has 0 aromatic heterocycles. The fraction of sp³-hybridized carbons (Fsp3) is 0.667. The minimum atomic E-state index is 0.588. The van der Waals surface area contributed by atoms with E-state index in [9.17, 15) is 0 Å². The smallest absolute Gasteiger partial charge is 0.0250 e. The minimum Gasteiger partial charge on any atom is -0.313 e. The van der Waals surface area contributed by atoms with Crippen LogP contribution in [0.1, 0.15) is 49.8 Å². The zero-order valence-electron chi connectivity index (χ0n) is 13.6. The Morgan fingerprint density at radius 3 is 2.60 bits per heavy atom. The third kappa shape index (κ3) is 3.62. The number of nitrogens with one attached hydrogen (secondary N) is 1. The molecule has 0 amide bonds. The number of hydrogen-bond donors (Lipinski definition) is 1. The number of nitrogens with zero attached hydrogens (tertiary/aromatic N) is 1. The summed E-state index contributed by atoms with van der Waals surface area (Å²) < 4.78 is 0. The average molecular weight is 274 g/mol. The second-order valence-corrected chi connectivity index (χ2v) is 6.25. The van der Waals surface area contributed by atoms with Crippen LogP contribution in [0, 0.1) is 13.8 Å². The zero-order chi connectivity index (χ0) is 14.5. The molecule has 1 heterocycles. The largest absolute Gasteiger partial charge is 0.313 e. The van der Waals surface area contributed by atoms with E-state index in [2.05, 4.69) is 56.1 Å². The van der Waals surface area contributed by atoms with Gasteiger partial charge in [-0.15, -0.1) is 0 Å². The van der Waals surface area contributed by atoms with E-state index in [4.69, 9.17) is 0 Å². The number of likely N-dealkylation sites (tertiary alicyclic amines) is 1. The third-order valence-corrected chi connectivity index (χ3v) is 4.77. The van der Waals surface area contributed by atoms with Gasteiger partial charge in [0.15, 0.2) is 0 Å². The van der Waals surface area contributed by atoms with E-state index in [1.54, 1.807) is 0 Å². The summed E-state index contributed by atoms with van der Waals surface area (Å²) in [5.41, 5.74) is 4.40. The summed E-state index contributed by atoms with van der Waals surface area (Å²) >= 11 is 0. The van der Waals surface area contributed by atoms with Crippen LogP contribution in [-0.2, 0) is 6.54 Å². The van der Waals surface area contributed by atoms with E-state index < -0.39 is 0 Å². The molecule has 1 aliphatic heterocycles. The van der Waals surface area contributed by atoms with Gasteiger partial charge in [0.2, 0.25) is 0 Å². The predicted octanol–water partition coefficient (Wildman–Crippen LogP) is 3.66. The van der Waals surface area contributed by atoms with Crippen LogP contribution in [0.3, 0.4) is 0 Å². The van der Waals surface area contributed by atoms with Gasteiger partial charge in [0.05, 0.1) is 0 Å². The summed E-state index contributed by atoms with van der Waals surface area (Å²) in [4.78, 5) is 2.70. The molecule has 1 fully saturated rings. The van der Waals surface area contributed by atoms with Crippen LogP contribution in [0.2, 0.25) is 0 Å². The normalized spacial score (nSPS) is 21.9. The van der Waals surface area contributed by atoms with E-state index >= 15 is 0 Å². The molecule has 1 aromatic carbocycles. The van der Waals surface area contributed by atoms with Gasteiger partial charge in [-0.3, -0.25) is 4.90 Å². The van der Waals surface area contributed by atoms with E-state index in [1.807, 2.05) is 0 Å². The van der Waals surface area contributed by atoms with Crippen LogP contribution in [-0.4, -0.2) is 30.1 Å². The fourth-order valence-corrected chi connectivity index (χ4v) is 3.54. The van der Waals surface area contributed by atoms with Crippen LogP contribution in [0.15, 0.2) is 18.2 Å². The van der Waals surface area contributed by atoms with Gasteiger partial charge >= 0.3 is 0 Å². The molecule has 1 N–H and O–H groups in total. The highest BCUT2D eigenvalue weighted by atomic mass is 15.2. The lowest BCUT2D eigenvalue weighted by Crippen LogP contribution is -2.50. The number of rotatable bonds is 5. The lowest BCUT2D eigenvalue weighted by atomic mass is 9.94. The van der Waals surface area contributed by atoms with Gasteiger partial charge < -0.3 is 5.32 Å². The number of hydrogen-bond acceptors (Lipinski definition) is 2. The second-order valence-electron chi connectivity index (χ2n) is 6.25. The van der Waals surface area contributed by atoms with Gasteiger partial charge in [0.1, 0.15) is 0 Å². The van der Waals surface area contributed by atoms with Crippen molar-refractivity contribution in [1.82, 2.24) is 10.2 Å². The van der Waals surface area contributed by atoms with Gasteiger partial charge in [-0.25, -0.2) is 0 Å². The molecule has 0 radical (unpaired) electrons. The topological polar surface area (TPSA) is 15.3 Å². The van der Waals surface area contributed by atoms with Gasteiger partial charge in [-0.05, 0) is 63.4 Å². The molecule has 0 saturated carbocycles. The van der Waals surface area contributed by atoms with E-state index in [1.165, 1.54) is 42.5 Å².